The standard InChI is InChI=1S/C5H7F4NO2/c6-4(7)5(8,9)2(10)1-3(11)12/h2,4H,1,10H2,(H,11,12)/t2-/m1/s1. The third kappa shape index (κ3) is 2.65. The zero-order valence-electron chi connectivity index (χ0n) is 5.81. The van der Waals surface area contributed by atoms with Crippen LogP contribution in [0.1, 0.15) is 6.42 Å². The van der Waals surface area contributed by atoms with E-state index < -0.39 is 30.8 Å². The highest BCUT2D eigenvalue weighted by Gasteiger charge is 2.47. The van der Waals surface area contributed by atoms with Crippen LogP contribution in [-0.2, 0) is 4.79 Å². The predicted molar refractivity (Wildman–Crippen MR) is 31.2 cm³/mol. The van der Waals surface area contributed by atoms with Gasteiger partial charge in [-0.05, 0) is 0 Å². The van der Waals surface area contributed by atoms with Crippen LogP contribution in [-0.4, -0.2) is 29.5 Å². The molecule has 1 atom stereocenters. The van der Waals surface area contributed by atoms with Gasteiger partial charge in [0, 0.05) is 0 Å². The number of carboxylic acids is 1. The van der Waals surface area contributed by atoms with E-state index in [0.717, 1.165) is 0 Å². The maximum absolute atomic E-state index is 12.2. The molecule has 0 radical (unpaired) electrons. The van der Waals surface area contributed by atoms with Crippen molar-refractivity contribution in [3.05, 3.63) is 0 Å². The molecule has 0 aliphatic heterocycles. The first-order chi connectivity index (χ1) is 5.28. The van der Waals surface area contributed by atoms with E-state index in [4.69, 9.17) is 5.11 Å². The molecule has 0 aliphatic rings. The number of alkyl halides is 4. The van der Waals surface area contributed by atoms with Gasteiger partial charge in [-0.2, -0.15) is 8.78 Å². The number of carbonyl (C=O) groups is 1. The summed E-state index contributed by atoms with van der Waals surface area (Å²) in [5, 5.41) is 7.97. The Kier molecular flexibility index (Phi) is 3.44. The zero-order valence-corrected chi connectivity index (χ0v) is 5.81. The number of carboxylic acid groups (broad SMARTS) is 1. The summed E-state index contributed by atoms with van der Waals surface area (Å²) in [4.78, 5) is 9.82. The molecule has 0 rings (SSSR count). The Morgan fingerprint density at radius 1 is 1.50 bits per heavy atom. The minimum absolute atomic E-state index is 1.18. The Morgan fingerprint density at radius 3 is 2.17 bits per heavy atom. The molecule has 0 aromatic heterocycles. The molecule has 0 bridgehead atoms. The molecule has 72 valence electrons. The van der Waals surface area contributed by atoms with Gasteiger partial charge < -0.3 is 10.8 Å². The van der Waals surface area contributed by atoms with Crippen LogP contribution in [0.15, 0.2) is 0 Å². The van der Waals surface area contributed by atoms with Gasteiger partial charge >= 0.3 is 18.3 Å². The molecule has 0 aromatic rings. The summed E-state index contributed by atoms with van der Waals surface area (Å²) in [7, 11) is 0. The molecule has 7 heteroatoms. The van der Waals surface area contributed by atoms with E-state index in [-0.39, 0.29) is 0 Å². The Balaban J connectivity index is 4.24. The van der Waals surface area contributed by atoms with E-state index in [1.54, 1.807) is 0 Å². The second-order valence-electron chi connectivity index (χ2n) is 2.18. The normalized spacial score (nSPS) is 14.8. The van der Waals surface area contributed by atoms with Crippen LogP contribution in [0.3, 0.4) is 0 Å². The highest BCUT2D eigenvalue weighted by Crippen LogP contribution is 2.27. The first kappa shape index (κ1) is 11.2. The monoisotopic (exact) mass is 189 g/mol. The van der Waals surface area contributed by atoms with Gasteiger partial charge in [-0.15, -0.1) is 0 Å². The number of hydrogen-bond acceptors (Lipinski definition) is 2. The fourth-order valence-corrected chi connectivity index (χ4v) is 0.486. The van der Waals surface area contributed by atoms with Gasteiger partial charge in [-0.3, -0.25) is 4.79 Å². The maximum atomic E-state index is 12.2. The molecule has 0 aliphatic carbocycles. The van der Waals surface area contributed by atoms with Crippen molar-refractivity contribution in [1.29, 1.82) is 0 Å². The van der Waals surface area contributed by atoms with Crippen molar-refractivity contribution in [2.24, 2.45) is 5.73 Å². The van der Waals surface area contributed by atoms with Crippen LogP contribution in [0, 0.1) is 0 Å². The predicted octanol–water partition coefficient (Wildman–Crippen LogP) is 0.689. The van der Waals surface area contributed by atoms with E-state index in [1.165, 1.54) is 0 Å². The van der Waals surface area contributed by atoms with Gasteiger partial charge in [-0.25, -0.2) is 8.78 Å². The lowest BCUT2D eigenvalue weighted by molar-refractivity contribution is -0.156. The molecule has 3 N–H and O–H groups in total. The molecular formula is C5H7F4NO2. The summed E-state index contributed by atoms with van der Waals surface area (Å²) < 4.78 is 47.3. The van der Waals surface area contributed by atoms with Gasteiger partial charge in [0.2, 0.25) is 0 Å². The summed E-state index contributed by atoms with van der Waals surface area (Å²) in [6.45, 7) is 0. The molecule has 0 saturated heterocycles. The van der Waals surface area contributed by atoms with Gasteiger partial charge in [0.15, 0.2) is 0 Å². The molecular weight excluding hydrogens is 182 g/mol. The Morgan fingerprint density at radius 2 is 1.92 bits per heavy atom. The molecule has 12 heavy (non-hydrogen) atoms. The minimum Gasteiger partial charge on any atom is -0.481 e. The summed E-state index contributed by atoms with van der Waals surface area (Å²) in [6.07, 6.45) is -5.12. The van der Waals surface area contributed by atoms with Crippen LogP contribution in [0.25, 0.3) is 0 Å². The fourth-order valence-electron chi connectivity index (χ4n) is 0.486. The number of rotatable bonds is 4. The van der Waals surface area contributed by atoms with Crippen molar-refractivity contribution in [3.8, 4) is 0 Å². The molecule has 0 amide bonds. The second-order valence-corrected chi connectivity index (χ2v) is 2.18. The van der Waals surface area contributed by atoms with Crippen molar-refractivity contribution in [2.75, 3.05) is 0 Å². The van der Waals surface area contributed by atoms with Gasteiger partial charge in [0.05, 0.1) is 12.5 Å². The van der Waals surface area contributed by atoms with E-state index in [0.29, 0.717) is 0 Å². The third-order valence-electron chi connectivity index (χ3n) is 1.18. The van der Waals surface area contributed by atoms with Crippen molar-refractivity contribution >= 4 is 5.97 Å². The highest BCUT2D eigenvalue weighted by molar-refractivity contribution is 5.67. The van der Waals surface area contributed by atoms with Crippen LogP contribution < -0.4 is 5.73 Å². The Labute approximate surface area is 65.2 Å². The SMILES string of the molecule is N[C@H](CC(=O)O)C(F)(F)C(F)F. The summed E-state index contributed by atoms with van der Waals surface area (Å²) in [6, 6.07) is -2.35. The number of hydrogen-bond donors (Lipinski definition) is 2. The van der Waals surface area contributed by atoms with Crippen molar-refractivity contribution < 1.29 is 27.5 Å². The van der Waals surface area contributed by atoms with E-state index in [2.05, 4.69) is 5.73 Å². The zero-order chi connectivity index (χ0) is 9.94. The number of halogens is 4. The topological polar surface area (TPSA) is 63.3 Å². The highest BCUT2D eigenvalue weighted by atomic mass is 19.3. The lowest BCUT2D eigenvalue weighted by atomic mass is 10.1. The van der Waals surface area contributed by atoms with Gasteiger partial charge in [-0.1, -0.05) is 0 Å². The molecule has 0 aromatic carbocycles. The van der Waals surface area contributed by atoms with Crippen LogP contribution >= 0.6 is 0 Å². The fraction of sp³-hybridized carbons (Fsp3) is 0.800. The Bertz CT molecular complexity index is 173. The Hall–Kier alpha value is -0.850. The smallest absolute Gasteiger partial charge is 0.322 e. The minimum atomic E-state index is -4.45. The van der Waals surface area contributed by atoms with Crippen LogP contribution in [0.5, 0.6) is 0 Å². The first-order valence-corrected chi connectivity index (χ1v) is 2.91. The summed E-state index contributed by atoms with van der Waals surface area (Å²) in [5.74, 6) is -6.08. The van der Waals surface area contributed by atoms with E-state index in [9.17, 15) is 22.4 Å². The lowest BCUT2D eigenvalue weighted by Crippen LogP contribution is -2.47. The molecule has 0 heterocycles. The van der Waals surface area contributed by atoms with Crippen molar-refractivity contribution in [1.82, 2.24) is 0 Å². The molecule has 0 saturated carbocycles. The third-order valence-corrected chi connectivity index (χ3v) is 1.18. The van der Waals surface area contributed by atoms with E-state index in [1.807, 2.05) is 0 Å². The van der Waals surface area contributed by atoms with Gasteiger partial charge in [0.25, 0.3) is 0 Å². The maximum Gasteiger partial charge on any atom is 0.322 e. The number of nitrogens with two attached hydrogens (primary N) is 1. The average molecular weight is 189 g/mol. The average Bonchev–Trinajstić information content (AvgIpc) is 1.85. The quantitative estimate of drug-likeness (QED) is 0.639. The lowest BCUT2D eigenvalue weighted by Gasteiger charge is -2.20. The summed E-state index contributed by atoms with van der Waals surface area (Å²) >= 11 is 0. The second kappa shape index (κ2) is 3.70. The molecule has 0 unspecified atom stereocenters. The molecule has 0 fully saturated rings. The van der Waals surface area contributed by atoms with Crippen LogP contribution in [0.4, 0.5) is 17.6 Å². The largest absolute Gasteiger partial charge is 0.481 e. The van der Waals surface area contributed by atoms with Crippen molar-refractivity contribution in [2.45, 2.75) is 24.8 Å². The molecule has 3 nitrogen and oxygen atoms in total. The molecule has 0 spiro atoms. The van der Waals surface area contributed by atoms with Gasteiger partial charge in [0.1, 0.15) is 0 Å². The van der Waals surface area contributed by atoms with E-state index >= 15 is 0 Å². The van der Waals surface area contributed by atoms with Crippen molar-refractivity contribution in [3.63, 3.8) is 0 Å². The first-order valence-electron chi connectivity index (χ1n) is 2.91. The van der Waals surface area contributed by atoms with Crippen LogP contribution in [0.2, 0.25) is 0 Å². The number of aliphatic carboxylic acids is 1. The summed E-state index contributed by atoms with van der Waals surface area (Å²) in [5.41, 5.74) is 4.54.